The smallest absolute Gasteiger partial charge is 0.211 e. The largest absolute Gasteiger partial charge is 0.497 e. The summed E-state index contributed by atoms with van der Waals surface area (Å²) in [5.74, 6) is 1.73. The first kappa shape index (κ1) is 20.2. The summed E-state index contributed by atoms with van der Waals surface area (Å²) in [6, 6.07) is 16.5. The number of benzene rings is 2. The van der Waals surface area contributed by atoms with Gasteiger partial charge in [0.25, 0.3) is 0 Å². The normalized spacial score (nSPS) is 15.0. The van der Waals surface area contributed by atoms with Gasteiger partial charge in [-0.3, -0.25) is 4.90 Å². The van der Waals surface area contributed by atoms with Crippen LogP contribution in [-0.4, -0.2) is 70.4 Å². The van der Waals surface area contributed by atoms with Crippen molar-refractivity contribution < 1.29 is 9.47 Å². The van der Waals surface area contributed by atoms with E-state index in [0.29, 0.717) is 5.16 Å². The second-order valence-corrected chi connectivity index (χ2v) is 8.59. The van der Waals surface area contributed by atoms with E-state index in [1.165, 1.54) is 5.56 Å². The quantitative estimate of drug-likeness (QED) is 0.412. The highest BCUT2D eigenvalue weighted by Gasteiger charge is 2.17. The lowest BCUT2D eigenvalue weighted by atomic mass is 10.2. The highest BCUT2D eigenvalue weighted by atomic mass is 32.2. The fraction of sp³-hybridized carbons (Fsp3) is 0.348. The fourth-order valence-corrected chi connectivity index (χ4v) is 4.71. The first-order valence-corrected chi connectivity index (χ1v) is 11.5. The highest BCUT2D eigenvalue weighted by Crippen LogP contribution is 2.31. The van der Waals surface area contributed by atoms with E-state index >= 15 is 0 Å². The van der Waals surface area contributed by atoms with Crippen LogP contribution in [0, 0.1) is 0 Å². The molecule has 8 heteroatoms. The summed E-state index contributed by atoms with van der Waals surface area (Å²) in [4.78, 5) is 7.33. The molecule has 31 heavy (non-hydrogen) atoms. The molecule has 0 unspecified atom stereocenters. The lowest BCUT2D eigenvalue weighted by Crippen LogP contribution is -2.37. The standard InChI is InChI=1S/C23H25N5O2S/c1-29-18-7-8-20-19(15-18)21-22(28(20)16-17-5-3-2-4-6-17)24-23(26-25-21)31-14-11-27-9-12-30-13-10-27/h2-8,15H,9-14,16H2,1H3. The van der Waals surface area contributed by atoms with E-state index in [-0.39, 0.29) is 0 Å². The third-order valence-corrected chi connectivity index (χ3v) is 6.40. The summed E-state index contributed by atoms with van der Waals surface area (Å²) in [6.07, 6.45) is 0. The number of fused-ring (bicyclic) bond motifs is 3. The third kappa shape index (κ3) is 4.37. The van der Waals surface area contributed by atoms with Gasteiger partial charge in [-0.15, -0.1) is 10.2 Å². The molecular formula is C23H25N5O2S. The Labute approximate surface area is 185 Å². The van der Waals surface area contributed by atoms with Crippen molar-refractivity contribution >= 4 is 33.8 Å². The molecule has 0 N–H and O–H groups in total. The van der Waals surface area contributed by atoms with E-state index in [0.717, 1.165) is 73.0 Å². The zero-order valence-electron chi connectivity index (χ0n) is 17.5. The van der Waals surface area contributed by atoms with E-state index in [1.54, 1.807) is 18.9 Å². The molecule has 5 rings (SSSR count). The second-order valence-electron chi connectivity index (χ2n) is 7.52. The SMILES string of the molecule is COc1ccc2c(c1)c1nnc(SCCN3CCOCC3)nc1n2Cc1ccccc1. The number of methoxy groups -OCH3 is 1. The Kier molecular flexibility index (Phi) is 6.01. The summed E-state index contributed by atoms with van der Waals surface area (Å²) in [5, 5.41) is 10.7. The Morgan fingerprint density at radius 1 is 1.06 bits per heavy atom. The molecule has 160 valence electrons. The van der Waals surface area contributed by atoms with Crippen LogP contribution < -0.4 is 4.74 Å². The molecular weight excluding hydrogens is 410 g/mol. The van der Waals surface area contributed by atoms with Gasteiger partial charge in [-0.05, 0) is 23.8 Å². The number of rotatable bonds is 7. The molecule has 0 amide bonds. The lowest BCUT2D eigenvalue weighted by molar-refractivity contribution is 0.0410. The summed E-state index contributed by atoms with van der Waals surface area (Å²) >= 11 is 1.66. The van der Waals surface area contributed by atoms with Crippen molar-refractivity contribution in [2.24, 2.45) is 0 Å². The van der Waals surface area contributed by atoms with Crippen molar-refractivity contribution in [2.75, 3.05) is 45.7 Å². The van der Waals surface area contributed by atoms with Gasteiger partial charge in [-0.25, -0.2) is 4.98 Å². The maximum absolute atomic E-state index is 5.44. The number of thioether (sulfide) groups is 1. The van der Waals surface area contributed by atoms with Crippen LogP contribution in [-0.2, 0) is 11.3 Å². The molecule has 2 aromatic carbocycles. The van der Waals surface area contributed by atoms with E-state index in [2.05, 4.69) is 50.0 Å². The summed E-state index contributed by atoms with van der Waals surface area (Å²) in [6.45, 7) is 5.34. The van der Waals surface area contributed by atoms with Crippen LogP contribution in [0.2, 0.25) is 0 Å². The zero-order chi connectivity index (χ0) is 21.0. The van der Waals surface area contributed by atoms with Gasteiger partial charge >= 0.3 is 0 Å². The zero-order valence-corrected chi connectivity index (χ0v) is 18.3. The molecule has 0 atom stereocenters. The Hall–Kier alpha value is -2.68. The Balaban J connectivity index is 1.47. The molecule has 0 aliphatic carbocycles. The van der Waals surface area contributed by atoms with E-state index in [9.17, 15) is 0 Å². The average molecular weight is 436 g/mol. The van der Waals surface area contributed by atoms with Crippen molar-refractivity contribution in [3.8, 4) is 5.75 Å². The van der Waals surface area contributed by atoms with Crippen LogP contribution in [0.5, 0.6) is 5.75 Å². The highest BCUT2D eigenvalue weighted by molar-refractivity contribution is 7.99. The van der Waals surface area contributed by atoms with Gasteiger partial charge in [0.1, 0.15) is 11.3 Å². The fourth-order valence-electron chi connectivity index (χ4n) is 3.93. The molecule has 1 saturated heterocycles. The van der Waals surface area contributed by atoms with Crippen molar-refractivity contribution in [3.63, 3.8) is 0 Å². The van der Waals surface area contributed by atoms with Gasteiger partial charge in [0.2, 0.25) is 5.16 Å². The molecule has 1 aliphatic heterocycles. The molecule has 0 saturated carbocycles. The molecule has 0 bridgehead atoms. The number of nitrogens with zero attached hydrogens (tertiary/aromatic N) is 5. The first-order valence-electron chi connectivity index (χ1n) is 10.5. The number of ether oxygens (including phenoxy) is 2. The van der Waals surface area contributed by atoms with Crippen LogP contribution in [0.4, 0.5) is 0 Å². The van der Waals surface area contributed by atoms with Gasteiger partial charge in [0.05, 0.1) is 25.8 Å². The topological polar surface area (TPSA) is 65.3 Å². The summed E-state index contributed by atoms with van der Waals surface area (Å²) < 4.78 is 13.1. The summed E-state index contributed by atoms with van der Waals surface area (Å²) in [5.41, 5.74) is 3.97. The van der Waals surface area contributed by atoms with Crippen LogP contribution in [0.3, 0.4) is 0 Å². The number of aromatic nitrogens is 4. The van der Waals surface area contributed by atoms with E-state index in [1.807, 2.05) is 18.2 Å². The maximum Gasteiger partial charge on any atom is 0.211 e. The second kappa shape index (κ2) is 9.21. The average Bonchev–Trinajstić information content (AvgIpc) is 3.12. The summed E-state index contributed by atoms with van der Waals surface area (Å²) in [7, 11) is 1.68. The molecule has 0 spiro atoms. The molecule has 2 aromatic heterocycles. The predicted molar refractivity (Wildman–Crippen MR) is 123 cm³/mol. The maximum atomic E-state index is 5.44. The monoisotopic (exact) mass is 435 g/mol. The van der Waals surface area contributed by atoms with Gasteiger partial charge in [-0.1, -0.05) is 42.1 Å². The van der Waals surface area contributed by atoms with Crippen molar-refractivity contribution in [1.82, 2.24) is 24.6 Å². The van der Waals surface area contributed by atoms with Gasteiger partial charge in [0, 0.05) is 37.3 Å². The van der Waals surface area contributed by atoms with Crippen LogP contribution in [0.1, 0.15) is 5.56 Å². The molecule has 4 aromatic rings. The van der Waals surface area contributed by atoms with E-state index < -0.39 is 0 Å². The number of hydrogen-bond donors (Lipinski definition) is 0. The van der Waals surface area contributed by atoms with Crippen molar-refractivity contribution in [1.29, 1.82) is 0 Å². The molecule has 1 fully saturated rings. The molecule has 7 nitrogen and oxygen atoms in total. The predicted octanol–water partition coefficient (Wildman–Crippen LogP) is 3.46. The first-order chi connectivity index (χ1) is 15.3. The van der Waals surface area contributed by atoms with Crippen LogP contribution in [0.15, 0.2) is 53.7 Å². The van der Waals surface area contributed by atoms with Crippen molar-refractivity contribution in [3.05, 3.63) is 54.1 Å². The van der Waals surface area contributed by atoms with E-state index in [4.69, 9.17) is 14.5 Å². The van der Waals surface area contributed by atoms with Gasteiger partial charge in [0.15, 0.2) is 5.65 Å². The molecule has 0 radical (unpaired) electrons. The number of morpholine rings is 1. The van der Waals surface area contributed by atoms with Gasteiger partial charge < -0.3 is 14.0 Å². The Morgan fingerprint density at radius 3 is 2.71 bits per heavy atom. The number of hydrogen-bond acceptors (Lipinski definition) is 7. The Morgan fingerprint density at radius 2 is 1.90 bits per heavy atom. The third-order valence-electron chi connectivity index (χ3n) is 5.58. The molecule has 1 aliphatic rings. The van der Waals surface area contributed by atoms with Crippen LogP contribution >= 0.6 is 11.8 Å². The van der Waals surface area contributed by atoms with Crippen LogP contribution in [0.25, 0.3) is 22.1 Å². The minimum atomic E-state index is 0.713. The van der Waals surface area contributed by atoms with Gasteiger partial charge in [-0.2, -0.15) is 0 Å². The lowest BCUT2D eigenvalue weighted by Gasteiger charge is -2.26. The Bertz CT molecular complexity index is 1170. The molecule has 3 heterocycles. The minimum Gasteiger partial charge on any atom is -0.497 e. The minimum absolute atomic E-state index is 0.713. The van der Waals surface area contributed by atoms with Crippen molar-refractivity contribution in [2.45, 2.75) is 11.7 Å².